The number of hydrogen-bond donors (Lipinski definition) is 4. The molecule has 5 atom stereocenters. The molecule has 3 fully saturated rings. The van der Waals surface area contributed by atoms with Crippen molar-refractivity contribution in [3.63, 3.8) is 0 Å². The summed E-state index contributed by atoms with van der Waals surface area (Å²) in [7, 11) is -3.93. The standard InChI is InChI=1S/C35H37F2N5O8S/c36-20-8-12-24-25(14-20)26-15-21(37)9-13-27(26)38-31(24)50-22-16-29-30(43)40-35(33(45)41-51(48,49)23-10-11-23)17-19(35)6-4-2-1-3-5-7-28(39-34(46)47)32(44)42(29)18-22/h4,6,8-9,12-15,19,22-23,28-29,39H,1-3,5,7,10-11,16-18H2,(H,40,43)(H,41,45)(H,46,47)/b6-4-/t19-,22?,28+,29+,35-/m1/s1. The molecule has 4 N–H and O–H groups in total. The van der Waals surface area contributed by atoms with Crippen molar-refractivity contribution in [2.75, 3.05) is 6.54 Å². The Bertz CT molecular complexity index is 2080. The Morgan fingerprint density at radius 3 is 2.49 bits per heavy atom. The van der Waals surface area contributed by atoms with Crippen molar-refractivity contribution in [3.05, 3.63) is 60.2 Å². The average molecular weight is 726 g/mol. The minimum absolute atomic E-state index is 0.0541. The van der Waals surface area contributed by atoms with Crippen LogP contribution in [-0.2, 0) is 24.4 Å². The number of nitrogens with zero attached hydrogens (tertiary/aromatic N) is 2. The Hall–Kier alpha value is -4.86. The Morgan fingerprint density at radius 1 is 1.00 bits per heavy atom. The molecule has 13 nitrogen and oxygen atoms in total. The maximum Gasteiger partial charge on any atom is 0.405 e. The third-order valence-corrected chi connectivity index (χ3v) is 11.9. The van der Waals surface area contributed by atoms with Crippen LogP contribution >= 0.6 is 0 Å². The van der Waals surface area contributed by atoms with Gasteiger partial charge in [-0.25, -0.2) is 27.0 Å². The second-order valence-corrected chi connectivity index (χ2v) is 15.7. The molecular formula is C35H37F2N5O8S. The van der Waals surface area contributed by atoms with Crippen LogP contribution < -0.4 is 20.1 Å². The van der Waals surface area contributed by atoms with Gasteiger partial charge >= 0.3 is 6.09 Å². The van der Waals surface area contributed by atoms with E-state index in [1.165, 1.54) is 41.3 Å². The van der Waals surface area contributed by atoms with E-state index in [-0.39, 0.29) is 31.7 Å². The second-order valence-electron chi connectivity index (χ2n) is 13.8. The number of benzene rings is 2. The molecule has 3 heterocycles. The molecule has 0 spiro atoms. The molecule has 4 aliphatic rings. The van der Waals surface area contributed by atoms with Crippen molar-refractivity contribution in [3.8, 4) is 5.88 Å². The number of pyridine rings is 1. The van der Waals surface area contributed by atoms with E-state index in [9.17, 15) is 41.5 Å². The monoisotopic (exact) mass is 725 g/mol. The first-order valence-corrected chi connectivity index (χ1v) is 18.6. The van der Waals surface area contributed by atoms with Gasteiger partial charge in [-0.1, -0.05) is 25.0 Å². The van der Waals surface area contributed by atoms with E-state index < -0.39 is 80.4 Å². The summed E-state index contributed by atoms with van der Waals surface area (Å²) in [5, 5.41) is 15.0. The van der Waals surface area contributed by atoms with Gasteiger partial charge in [0.1, 0.15) is 35.4 Å². The molecule has 2 aliphatic heterocycles. The molecule has 2 aliphatic carbocycles. The summed E-state index contributed by atoms with van der Waals surface area (Å²) >= 11 is 0. The van der Waals surface area contributed by atoms with Gasteiger partial charge in [0, 0.05) is 23.1 Å². The SMILES string of the molecule is O=C(O)N[C@H]1CCCCC/C=C\[C@@H]2C[C@@]2(C(=O)NS(=O)(=O)C2CC2)NC(=O)[C@@H]2CC(Oc3nc4ccc(F)cc4c4cc(F)ccc34)CN2C1=O. The van der Waals surface area contributed by atoms with Crippen molar-refractivity contribution in [1.82, 2.24) is 25.2 Å². The molecule has 0 radical (unpaired) electrons. The summed E-state index contributed by atoms with van der Waals surface area (Å²) in [6, 6.07) is 5.33. The van der Waals surface area contributed by atoms with E-state index in [0.29, 0.717) is 53.8 Å². The lowest BCUT2D eigenvalue weighted by molar-refractivity contribution is -0.141. The van der Waals surface area contributed by atoms with Gasteiger partial charge in [-0.15, -0.1) is 0 Å². The van der Waals surface area contributed by atoms with Crippen LogP contribution in [0.2, 0.25) is 0 Å². The van der Waals surface area contributed by atoms with Crippen molar-refractivity contribution in [1.29, 1.82) is 0 Å². The highest BCUT2D eigenvalue weighted by Gasteiger charge is 2.62. The van der Waals surface area contributed by atoms with Gasteiger partial charge in [-0.05, 0) is 80.3 Å². The molecule has 0 bridgehead atoms. The molecule has 270 valence electrons. The highest BCUT2D eigenvalue weighted by molar-refractivity contribution is 7.91. The third kappa shape index (κ3) is 7.05. The fourth-order valence-corrected chi connectivity index (χ4v) is 8.52. The first kappa shape index (κ1) is 34.6. The van der Waals surface area contributed by atoms with Gasteiger partial charge in [0.2, 0.25) is 27.7 Å². The highest BCUT2D eigenvalue weighted by Crippen LogP contribution is 2.46. The Balaban J connectivity index is 1.22. The zero-order chi connectivity index (χ0) is 36.1. The predicted octanol–water partition coefficient (Wildman–Crippen LogP) is 3.65. The van der Waals surface area contributed by atoms with Crippen molar-refractivity contribution in [2.24, 2.45) is 5.92 Å². The van der Waals surface area contributed by atoms with Crippen LogP contribution in [0.1, 0.15) is 57.8 Å². The van der Waals surface area contributed by atoms with Crippen LogP contribution in [0.25, 0.3) is 21.7 Å². The van der Waals surface area contributed by atoms with E-state index in [0.717, 1.165) is 6.42 Å². The summed E-state index contributed by atoms with van der Waals surface area (Å²) in [5.74, 6) is -3.78. The molecule has 2 aromatic carbocycles. The number of halogens is 2. The Labute approximate surface area is 291 Å². The number of hydrogen-bond acceptors (Lipinski definition) is 8. The van der Waals surface area contributed by atoms with Crippen LogP contribution in [-0.4, -0.2) is 82.7 Å². The fraction of sp³-hybridized carbons (Fsp3) is 0.457. The van der Waals surface area contributed by atoms with Crippen molar-refractivity contribution >= 4 is 55.5 Å². The number of carbonyl (C=O) groups excluding carboxylic acids is 3. The van der Waals surface area contributed by atoms with Crippen LogP contribution in [0.15, 0.2) is 48.6 Å². The maximum atomic E-state index is 14.4. The average Bonchev–Trinajstić information content (AvgIpc) is 4.00. The number of nitrogens with one attached hydrogen (secondary N) is 3. The largest absolute Gasteiger partial charge is 0.472 e. The number of rotatable bonds is 6. The van der Waals surface area contributed by atoms with Crippen molar-refractivity contribution in [2.45, 2.75) is 86.8 Å². The lowest BCUT2D eigenvalue weighted by atomic mass is 10.0. The molecule has 4 amide bonds. The van der Waals surface area contributed by atoms with Crippen LogP contribution in [0, 0.1) is 17.6 Å². The summed E-state index contributed by atoms with van der Waals surface area (Å²) in [6.07, 6.45) is 5.07. The van der Waals surface area contributed by atoms with Crippen LogP contribution in [0.3, 0.4) is 0 Å². The quantitative estimate of drug-likeness (QED) is 0.218. The summed E-state index contributed by atoms with van der Waals surface area (Å²) in [6.45, 7) is -0.168. The van der Waals surface area contributed by atoms with Crippen LogP contribution in [0.4, 0.5) is 13.6 Å². The highest BCUT2D eigenvalue weighted by atomic mass is 32.2. The molecule has 2 saturated carbocycles. The molecule has 51 heavy (non-hydrogen) atoms. The first-order chi connectivity index (χ1) is 24.3. The number of carbonyl (C=O) groups is 4. The third-order valence-electron chi connectivity index (χ3n) is 10.1. The molecule has 1 unspecified atom stereocenters. The van der Waals surface area contributed by atoms with E-state index >= 15 is 0 Å². The fourth-order valence-electron chi connectivity index (χ4n) is 7.16. The molecule has 3 aromatic rings. The van der Waals surface area contributed by atoms with Gasteiger partial charge in [0.25, 0.3) is 5.91 Å². The second kappa shape index (κ2) is 13.4. The summed E-state index contributed by atoms with van der Waals surface area (Å²) in [5.41, 5.74) is -1.25. The number of fused-ring (bicyclic) bond motifs is 5. The van der Waals surface area contributed by atoms with Gasteiger partial charge in [-0.2, -0.15) is 0 Å². The topological polar surface area (TPSA) is 184 Å². The van der Waals surface area contributed by atoms with Gasteiger partial charge in [0.05, 0.1) is 17.3 Å². The predicted molar refractivity (Wildman–Crippen MR) is 180 cm³/mol. The lowest BCUT2D eigenvalue weighted by Gasteiger charge is -2.29. The van der Waals surface area contributed by atoms with Gasteiger partial charge in [0.15, 0.2) is 0 Å². The molecule has 7 rings (SSSR count). The van der Waals surface area contributed by atoms with E-state index in [4.69, 9.17) is 4.74 Å². The van der Waals surface area contributed by atoms with Gasteiger partial charge in [-0.3, -0.25) is 19.1 Å². The Morgan fingerprint density at radius 2 is 1.75 bits per heavy atom. The van der Waals surface area contributed by atoms with E-state index in [1.54, 1.807) is 6.08 Å². The van der Waals surface area contributed by atoms with E-state index in [2.05, 4.69) is 20.3 Å². The number of amides is 4. The van der Waals surface area contributed by atoms with Crippen molar-refractivity contribution < 1.29 is 46.2 Å². The summed E-state index contributed by atoms with van der Waals surface area (Å²) in [4.78, 5) is 59.4. The smallest absolute Gasteiger partial charge is 0.405 e. The maximum absolute atomic E-state index is 14.4. The number of allylic oxidation sites excluding steroid dienone is 1. The Kier molecular flexibility index (Phi) is 9.06. The lowest BCUT2D eigenvalue weighted by Crippen LogP contribution is -2.58. The zero-order valence-electron chi connectivity index (χ0n) is 27.4. The molecule has 1 saturated heterocycles. The number of ether oxygens (including phenoxy) is 1. The number of carboxylic acid groups (broad SMARTS) is 1. The summed E-state index contributed by atoms with van der Waals surface area (Å²) < 4.78 is 62.5. The van der Waals surface area contributed by atoms with E-state index in [1.807, 2.05) is 6.08 Å². The first-order valence-electron chi connectivity index (χ1n) is 17.0. The number of sulfonamides is 1. The molecule has 1 aromatic heterocycles. The normalized spacial score (nSPS) is 27.8. The van der Waals surface area contributed by atoms with Crippen LogP contribution in [0.5, 0.6) is 5.88 Å². The molecule has 16 heteroatoms. The minimum atomic E-state index is -3.93. The minimum Gasteiger partial charge on any atom is -0.472 e. The number of aromatic nitrogens is 1. The van der Waals surface area contributed by atoms with Gasteiger partial charge < -0.3 is 25.4 Å². The zero-order valence-corrected chi connectivity index (χ0v) is 28.3. The molecular weight excluding hydrogens is 688 g/mol.